The molecule has 2 aromatic rings. The number of ether oxygens (including phenoxy) is 1. The number of thioether (sulfide) groups is 1. The van der Waals surface area contributed by atoms with Crippen LogP contribution in [0.15, 0.2) is 24.3 Å². The topological polar surface area (TPSA) is 76.5 Å². The van der Waals surface area contributed by atoms with Gasteiger partial charge in [0.15, 0.2) is 0 Å². The number of benzene rings is 1. The maximum absolute atomic E-state index is 14.2. The SMILES string of the molecule is COCCNC(=O)CN1C(=O)CSC(c2cccc(F)c2)c2c(C(C)(C)C)nn(C(C)(C)C)c21. The summed E-state index contributed by atoms with van der Waals surface area (Å²) in [6.07, 6.45) is 0. The fourth-order valence-electron chi connectivity index (χ4n) is 3.97. The van der Waals surface area contributed by atoms with Gasteiger partial charge in [0.1, 0.15) is 18.2 Å². The molecule has 3 rings (SSSR count). The molecule has 1 N–H and O–H groups in total. The van der Waals surface area contributed by atoms with Gasteiger partial charge >= 0.3 is 0 Å². The van der Waals surface area contributed by atoms with Crippen molar-refractivity contribution in [2.45, 2.75) is 57.7 Å². The van der Waals surface area contributed by atoms with Crippen LogP contribution in [0.2, 0.25) is 0 Å². The summed E-state index contributed by atoms with van der Waals surface area (Å²) in [5.41, 5.74) is 1.66. The zero-order valence-electron chi connectivity index (χ0n) is 21.1. The molecule has 0 spiro atoms. The van der Waals surface area contributed by atoms with E-state index in [1.807, 2.05) is 31.5 Å². The van der Waals surface area contributed by atoms with E-state index < -0.39 is 5.54 Å². The zero-order chi connectivity index (χ0) is 25.3. The first-order chi connectivity index (χ1) is 15.8. The third-order valence-electron chi connectivity index (χ3n) is 5.52. The molecule has 1 aromatic heterocycles. The van der Waals surface area contributed by atoms with Crippen LogP contribution in [0.4, 0.5) is 10.2 Å². The molecule has 0 radical (unpaired) electrons. The Hall–Kier alpha value is -2.39. The van der Waals surface area contributed by atoms with Gasteiger partial charge < -0.3 is 10.1 Å². The number of rotatable bonds is 6. The van der Waals surface area contributed by atoms with Gasteiger partial charge in [-0.2, -0.15) is 5.10 Å². The molecule has 2 amide bonds. The molecule has 186 valence electrons. The second-order valence-electron chi connectivity index (χ2n) is 10.5. The molecule has 0 fully saturated rings. The van der Waals surface area contributed by atoms with E-state index in [1.54, 1.807) is 13.2 Å². The van der Waals surface area contributed by atoms with Crippen LogP contribution in [0.1, 0.15) is 63.6 Å². The minimum Gasteiger partial charge on any atom is -0.383 e. The first-order valence-corrected chi connectivity index (χ1v) is 12.5. The van der Waals surface area contributed by atoms with Gasteiger partial charge in [0, 0.05) is 24.6 Å². The Labute approximate surface area is 205 Å². The van der Waals surface area contributed by atoms with Crippen molar-refractivity contribution in [3.05, 3.63) is 46.9 Å². The molecule has 2 heterocycles. The van der Waals surface area contributed by atoms with Crippen LogP contribution in [-0.2, 0) is 25.3 Å². The molecule has 0 saturated heterocycles. The molecular formula is C25H35FN4O3S. The third kappa shape index (κ3) is 5.63. The van der Waals surface area contributed by atoms with E-state index in [1.165, 1.54) is 28.8 Å². The highest BCUT2D eigenvalue weighted by Crippen LogP contribution is 2.48. The van der Waals surface area contributed by atoms with Gasteiger partial charge in [0.25, 0.3) is 0 Å². The number of methoxy groups -OCH3 is 1. The van der Waals surface area contributed by atoms with Crippen LogP contribution < -0.4 is 10.2 Å². The lowest BCUT2D eigenvalue weighted by Crippen LogP contribution is -2.44. The summed E-state index contributed by atoms with van der Waals surface area (Å²) in [4.78, 5) is 27.7. The van der Waals surface area contributed by atoms with Crippen LogP contribution in [-0.4, -0.2) is 54.2 Å². The van der Waals surface area contributed by atoms with Gasteiger partial charge in [0.2, 0.25) is 11.8 Å². The van der Waals surface area contributed by atoms with Gasteiger partial charge in [-0.25, -0.2) is 9.07 Å². The molecule has 9 heteroatoms. The Morgan fingerprint density at radius 2 is 1.97 bits per heavy atom. The minimum absolute atomic E-state index is 0.128. The van der Waals surface area contributed by atoms with Gasteiger partial charge in [-0.1, -0.05) is 32.9 Å². The Balaban J connectivity index is 2.24. The first-order valence-electron chi connectivity index (χ1n) is 11.4. The minimum atomic E-state index is -0.458. The number of halogens is 1. The fraction of sp³-hybridized carbons (Fsp3) is 0.560. The molecule has 7 nitrogen and oxygen atoms in total. The highest BCUT2D eigenvalue weighted by molar-refractivity contribution is 8.00. The monoisotopic (exact) mass is 490 g/mol. The summed E-state index contributed by atoms with van der Waals surface area (Å²) in [6.45, 7) is 12.9. The highest BCUT2D eigenvalue weighted by Gasteiger charge is 2.41. The van der Waals surface area contributed by atoms with E-state index in [4.69, 9.17) is 9.84 Å². The first kappa shape index (κ1) is 26.2. The molecular weight excluding hydrogens is 455 g/mol. The predicted octanol–water partition coefficient (Wildman–Crippen LogP) is 4.01. The van der Waals surface area contributed by atoms with E-state index in [0.717, 1.165) is 16.8 Å². The largest absolute Gasteiger partial charge is 0.383 e. The molecule has 0 saturated carbocycles. The lowest BCUT2D eigenvalue weighted by atomic mass is 9.87. The summed E-state index contributed by atoms with van der Waals surface area (Å²) >= 11 is 1.44. The van der Waals surface area contributed by atoms with Gasteiger partial charge in [-0.15, -0.1) is 11.8 Å². The van der Waals surface area contributed by atoms with Crippen molar-refractivity contribution >= 4 is 29.4 Å². The lowest BCUT2D eigenvalue weighted by Gasteiger charge is -2.29. The summed E-state index contributed by atoms with van der Waals surface area (Å²) in [7, 11) is 1.57. The third-order valence-corrected chi connectivity index (χ3v) is 6.77. The van der Waals surface area contributed by atoms with Crippen molar-refractivity contribution in [2.75, 3.05) is 37.5 Å². The molecule has 0 aliphatic carbocycles. The van der Waals surface area contributed by atoms with Crippen LogP contribution >= 0.6 is 11.8 Å². The molecule has 1 aliphatic rings. The highest BCUT2D eigenvalue weighted by atomic mass is 32.2. The van der Waals surface area contributed by atoms with Crippen molar-refractivity contribution in [3.8, 4) is 0 Å². The Bertz CT molecular complexity index is 1060. The average molecular weight is 491 g/mol. The van der Waals surface area contributed by atoms with E-state index in [9.17, 15) is 14.0 Å². The van der Waals surface area contributed by atoms with Crippen LogP contribution in [0.25, 0.3) is 0 Å². The quantitative estimate of drug-likeness (QED) is 0.620. The molecule has 1 unspecified atom stereocenters. The van der Waals surface area contributed by atoms with Crippen LogP contribution in [0, 0.1) is 5.82 Å². The number of carbonyl (C=O) groups excluding carboxylic acids is 2. The standard InChI is InChI=1S/C25H35FN4O3S/c1-24(2,3)22-20-21(16-9-8-10-17(26)13-16)34-15-19(32)29(14-18(31)27-11-12-33-7)23(20)30(28-22)25(4,5)6/h8-10,13,21H,11-12,14-15H2,1-7H3,(H,27,31). The Kier molecular flexibility index (Phi) is 7.77. The second kappa shape index (κ2) is 10.1. The van der Waals surface area contributed by atoms with Crippen LogP contribution in [0.5, 0.6) is 0 Å². The second-order valence-corrected chi connectivity index (χ2v) is 11.6. The van der Waals surface area contributed by atoms with Gasteiger partial charge in [-0.3, -0.25) is 14.5 Å². The summed E-state index contributed by atoms with van der Waals surface area (Å²) in [5, 5.41) is 7.51. The van der Waals surface area contributed by atoms with Crippen LogP contribution in [0.3, 0.4) is 0 Å². The number of carbonyl (C=O) groups is 2. The number of aromatic nitrogens is 2. The fourth-order valence-corrected chi connectivity index (χ4v) is 5.15. The Morgan fingerprint density at radius 3 is 2.56 bits per heavy atom. The predicted molar refractivity (Wildman–Crippen MR) is 134 cm³/mol. The molecule has 1 aliphatic heterocycles. The van der Waals surface area contributed by atoms with E-state index in [0.29, 0.717) is 19.0 Å². The molecule has 1 atom stereocenters. The molecule has 34 heavy (non-hydrogen) atoms. The van der Waals surface area contributed by atoms with E-state index in [-0.39, 0.29) is 40.6 Å². The Morgan fingerprint density at radius 1 is 1.26 bits per heavy atom. The normalized spacial score (nSPS) is 16.9. The number of hydrogen-bond donors (Lipinski definition) is 1. The van der Waals surface area contributed by atoms with Crippen molar-refractivity contribution < 1.29 is 18.7 Å². The smallest absolute Gasteiger partial charge is 0.240 e. The number of nitrogens with zero attached hydrogens (tertiary/aromatic N) is 3. The maximum Gasteiger partial charge on any atom is 0.240 e. The summed E-state index contributed by atoms with van der Waals surface area (Å²) in [5.74, 6) is -0.0225. The number of amides is 2. The van der Waals surface area contributed by atoms with Crippen molar-refractivity contribution in [1.82, 2.24) is 15.1 Å². The average Bonchev–Trinajstić information content (AvgIpc) is 3.08. The molecule has 0 bridgehead atoms. The van der Waals surface area contributed by atoms with Crippen molar-refractivity contribution in [3.63, 3.8) is 0 Å². The van der Waals surface area contributed by atoms with Gasteiger partial charge in [-0.05, 0) is 38.5 Å². The van der Waals surface area contributed by atoms with E-state index in [2.05, 4.69) is 26.1 Å². The van der Waals surface area contributed by atoms with Crippen molar-refractivity contribution in [2.24, 2.45) is 0 Å². The zero-order valence-corrected chi connectivity index (χ0v) is 21.9. The number of fused-ring (bicyclic) bond motifs is 1. The number of anilines is 1. The maximum atomic E-state index is 14.2. The number of hydrogen-bond acceptors (Lipinski definition) is 5. The van der Waals surface area contributed by atoms with E-state index >= 15 is 0 Å². The summed E-state index contributed by atoms with van der Waals surface area (Å²) in [6, 6.07) is 6.49. The van der Waals surface area contributed by atoms with Gasteiger partial charge in [0.05, 0.1) is 28.8 Å². The molecule has 1 aromatic carbocycles. The number of nitrogens with one attached hydrogen (secondary N) is 1. The van der Waals surface area contributed by atoms with Crippen molar-refractivity contribution in [1.29, 1.82) is 0 Å². The summed E-state index contributed by atoms with van der Waals surface area (Å²) < 4.78 is 21.1. The lowest BCUT2D eigenvalue weighted by molar-refractivity contribution is -0.123.